The molecule has 1 rings (SSSR count). The lowest BCUT2D eigenvalue weighted by Crippen LogP contribution is -2.32. The van der Waals surface area contributed by atoms with Gasteiger partial charge in [0.05, 0.1) is 19.6 Å². The van der Waals surface area contributed by atoms with E-state index in [0.29, 0.717) is 0 Å². The molecule has 0 saturated carbocycles. The number of nitriles is 1. The molecule has 4 nitrogen and oxygen atoms in total. The van der Waals surface area contributed by atoms with Crippen LogP contribution in [0, 0.1) is 17.1 Å². The van der Waals surface area contributed by atoms with E-state index in [0.717, 1.165) is 6.07 Å². The van der Waals surface area contributed by atoms with Crippen LogP contribution in [0.5, 0.6) is 5.75 Å². The lowest BCUT2D eigenvalue weighted by atomic mass is 10.1. The molecule has 1 N–H and O–H groups in total. The van der Waals surface area contributed by atoms with Gasteiger partial charge in [-0.15, -0.1) is 0 Å². The van der Waals surface area contributed by atoms with Gasteiger partial charge in [0.15, 0.2) is 11.6 Å². The first-order valence-corrected chi connectivity index (χ1v) is 5.09. The van der Waals surface area contributed by atoms with E-state index >= 15 is 0 Å². The number of hydrogen-bond donors (Lipinski definition) is 1. The van der Waals surface area contributed by atoms with Crippen molar-refractivity contribution in [3.63, 3.8) is 0 Å². The number of rotatable bonds is 4. The molecule has 0 saturated heterocycles. The highest BCUT2D eigenvalue weighted by atomic mass is 19.1. The summed E-state index contributed by atoms with van der Waals surface area (Å²) in [5.74, 6) is -0.908. The number of carbonyl (C=O) groups is 1. The van der Waals surface area contributed by atoms with Gasteiger partial charge < -0.3 is 10.1 Å². The molecule has 0 fully saturated rings. The summed E-state index contributed by atoms with van der Waals surface area (Å²) >= 11 is 0. The number of methoxy groups -OCH3 is 1. The van der Waals surface area contributed by atoms with Gasteiger partial charge in [0.25, 0.3) is 5.91 Å². The number of nitrogens with zero attached hydrogens (tertiary/aromatic N) is 1. The molecule has 1 aromatic carbocycles. The van der Waals surface area contributed by atoms with Crippen LogP contribution in [0.2, 0.25) is 0 Å². The van der Waals surface area contributed by atoms with Crippen molar-refractivity contribution in [2.75, 3.05) is 7.11 Å². The average Bonchev–Trinajstić information content (AvgIpc) is 2.29. The monoisotopic (exact) mass is 236 g/mol. The molecule has 90 valence electrons. The van der Waals surface area contributed by atoms with Crippen molar-refractivity contribution in [1.29, 1.82) is 5.26 Å². The molecule has 1 unspecified atom stereocenters. The van der Waals surface area contributed by atoms with Crippen LogP contribution in [0.4, 0.5) is 4.39 Å². The smallest absolute Gasteiger partial charge is 0.251 e. The van der Waals surface area contributed by atoms with E-state index in [1.807, 2.05) is 6.07 Å². The van der Waals surface area contributed by atoms with Gasteiger partial charge in [0.1, 0.15) is 0 Å². The van der Waals surface area contributed by atoms with E-state index in [1.165, 1.54) is 19.2 Å². The van der Waals surface area contributed by atoms with Crippen molar-refractivity contribution >= 4 is 5.91 Å². The molecule has 17 heavy (non-hydrogen) atoms. The number of ether oxygens (including phenoxy) is 1. The van der Waals surface area contributed by atoms with Gasteiger partial charge in [0, 0.05) is 11.6 Å². The second-order valence-electron chi connectivity index (χ2n) is 3.59. The maximum absolute atomic E-state index is 13.3. The number of halogens is 1. The topological polar surface area (TPSA) is 62.1 Å². The fourth-order valence-corrected chi connectivity index (χ4v) is 1.30. The van der Waals surface area contributed by atoms with Crippen molar-refractivity contribution in [2.24, 2.45) is 0 Å². The Hall–Kier alpha value is -2.09. The summed E-state index contributed by atoms with van der Waals surface area (Å²) in [7, 11) is 1.35. The standard InChI is InChI=1S/C12H13FN2O2/c1-8(5-6-14)15-12(16)9-3-4-11(17-2)10(13)7-9/h3-4,7-8H,5H2,1-2H3,(H,15,16). The summed E-state index contributed by atoms with van der Waals surface area (Å²) in [5.41, 5.74) is 0.202. The Labute approximate surface area is 99.0 Å². The Morgan fingerprint density at radius 1 is 1.65 bits per heavy atom. The number of carbonyl (C=O) groups excluding carboxylic acids is 1. The van der Waals surface area contributed by atoms with Crippen molar-refractivity contribution in [2.45, 2.75) is 19.4 Å². The van der Waals surface area contributed by atoms with Crippen LogP contribution in [-0.2, 0) is 0 Å². The number of hydrogen-bond acceptors (Lipinski definition) is 3. The molecular weight excluding hydrogens is 223 g/mol. The minimum Gasteiger partial charge on any atom is -0.494 e. The van der Waals surface area contributed by atoms with Gasteiger partial charge in [-0.05, 0) is 25.1 Å². The second-order valence-corrected chi connectivity index (χ2v) is 3.59. The Morgan fingerprint density at radius 2 is 2.35 bits per heavy atom. The Kier molecular flexibility index (Phi) is 4.46. The van der Waals surface area contributed by atoms with Crippen molar-refractivity contribution in [3.8, 4) is 11.8 Å². The molecule has 1 atom stereocenters. The quantitative estimate of drug-likeness (QED) is 0.868. The van der Waals surface area contributed by atoms with Crippen molar-refractivity contribution in [1.82, 2.24) is 5.32 Å². The second kappa shape index (κ2) is 5.85. The predicted octanol–water partition coefficient (Wildman–Crippen LogP) is 1.87. The van der Waals surface area contributed by atoms with Crippen LogP contribution >= 0.6 is 0 Å². The van der Waals surface area contributed by atoms with Crippen LogP contribution < -0.4 is 10.1 Å². The van der Waals surface area contributed by atoms with Gasteiger partial charge in [-0.3, -0.25) is 4.79 Å². The van der Waals surface area contributed by atoms with Gasteiger partial charge in [-0.1, -0.05) is 0 Å². The Bertz CT molecular complexity index is 454. The predicted molar refractivity (Wildman–Crippen MR) is 60.1 cm³/mol. The summed E-state index contributed by atoms with van der Waals surface area (Å²) in [6.45, 7) is 1.71. The van der Waals surface area contributed by atoms with Crippen molar-refractivity contribution in [3.05, 3.63) is 29.6 Å². The van der Waals surface area contributed by atoms with E-state index in [-0.39, 0.29) is 23.8 Å². The van der Waals surface area contributed by atoms with E-state index in [9.17, 15) is 9.18 Å². The fourth-order valence-electron chi connectivity index (χ4n) is 1.30. The first-order valence-electron chi connectivity index (χ1n) is 5.09. The lowest BCUT2D eigenvalue weighted by molar-refractivity contribution is 0.0940. The summed E-state index contributed by atoms with van der Waals surface area (Å²) in [5, 5.41) is 11.0. The number of amides is 1. The highest BCUT2D eigenvalue weighted by Crippen LogP contribution is 2.17. The van der Waals surface area contributed by atoms with Crippen molar-refractivity contribution < 1.29 is 13.9 Å². The third kappa shape index (κ3) is 3.45. The normalized spacial score (nSPS) is 11.4. The molecule has 0 aromatic heterocycles. The largest absolute Gasteiger partial charge is 0.494 e. The molecule has 0 spiro atoms. The van der Waals surface area contributed by atoms with Gasteiger partial charge in [-0.2, -0.15) is 5.26 Å². The summed E-state index contributed by atoms with van der Waals surface area (Å²) < 4.78 is 18.1. The van der Waals surface area contributed by atoms with Crippen LogP contribution in [0.15, 0.2) is 18.2 Å². The molecular formula is C12H13FN2O2. The number of benzene rings is 1. The lowest BCUT2D eigenvalue weighted by Gasteiger charge is -2.10. The molecule has 0 bridgehead atoms. The highest BCUT2D eigenvalue weighted by molar-refractivity contribution is 5.94. The van der Waals surface area contributed by atoms with Crippen LogP contribution in [0.25, 0.3) is 0 Å². The van der Waals surface area contributed by atoms with Gasteiger partial charge in [0.2, 0.25) is 0 Å². The van der Waals surface area contributed by atoms with Gasteiger partial charge >= 0.3 is 0 Å². The summed E-state index contributed by atoms with van der Waals surface area (Å²) in [4.78, 5) is 11.7. The zero-order valence-corrected chi connectivity index (χ0v) is 9.66. The molecule has 1 amide bonds. The molecule has 1 aromatic rings. The van der Waals surface area contributed by atoms with E-state index in [1.54, 1.807) is 6.92 Å². The van der Waals surface area contributed by atoms with Crippen LogP contribution in [0.3, 0.4) is 0 Å². The van der Waals surface area contributed by atoms with E-state index in [4.69, 9.17) is 10.00 Å². The maximum Gasteiger partial charge on any atom is 0.251 e. The molecule has 0 heterocycles. The Balaban J connectivity index is 2.77. The fraction of sp³-hybridized carbons (Fsp3) is 0.333. The average molecular weight is 236 g/mol. The minimum atomic E-state index is -0.590. The van der Waals surface area contributed by atoms with Crippen LogP contribution in [0.1, 0.15) is 23.7 Å². The molecule has 0 radical (unpaired) electrons. The zero-order chi connectivity index (χ0) is 12.8. The maximum atomic E-state index is 13.3. The molecule has 5 heteroatoms. The molecule has 0 aliphatic carbocycles. The van der Waals surface area contributed by atoms with Crippen LogP contribution in [-0.4, -0.2) is 19.1 Å². The SMILES string of the molecule is COc1ccc(C(=O)NC(C)CC#N)cc1F. The Morgan fingerprint density at radius 3 is 2.88 bits per heavy atom. The first-order chi connectivity index (χ1) is 8.08. The third-order valence-corrected chi connectivity index (χ3v) is 2.19. The van der Waals surface area contributed by atoms with E-state index in [2.05, 4.69) is 5.32 Å². The van der Waals surface area contributed by atoms with E-state index < -0.39 is 11.7 Å². The summed E-state index contributed by atoms with van der Waals surface area (Å²) in [6, 6.07) is 5.64. The van der Waals surface area contributed by atoms with Gasteiger partial charge in [-0.25, -0.2) is 4.39 Å². The summed E-state index contributed by atoms with van der Waals surface area (Å²) in [6.07, 6.45) is 0.213. The third-order valence-electron chi connectivity index (χ3n) is 2.19. The molecule has 0 aliphatic rings. The number of nitrogens with one attached hydrogen (secondary N) is 1. The highest BCUT2D eigenvalue weighted by Gasteiger charge is 2.12. The molecule has 0 aliphatic heterocycles. The minimum absolute atomic E-state index is 0.0895. The zero-order valence-electron chi connectivity index (χ0n) is 9.66. The first kappa shape index (κ1) is 13.0.